The maximum absolute atomic E-state index is 5.40. The highest BCUT2D eigenvalue weighted by Crippen LogP contribution is 2.35. The summed E-state index contributed by atoms with van der Waals surface area (Å²) in [5.41, 5.74) is 1.49. The largest absolute Gasteiger partial charge is 0.497 e. The summed E-state index contributed by atoms with van der Waals surface area (Å²) in [5.74, 6) is 0.911. The number of ether oxygens (including phenoxy) is 1. The van der Waals surface area contributed by atoms with E-state index in [4.69, 9.17) is 4.74 Å². The molecule has 2 atom stereocenters. The van der Waals surface area contributed by atoms with E-state index in [2.05, 4.69) is 66.0 Å². The van der Waals surface area contributed by atoms with E-state index in [9.17, 15) is 0 Å². The summed E-state index contributed by atoms with van der Waals surface area (Å²) >= 11 is 3.70. The minimum absolute atomic E-state index is 0.252. The number of piperazine rings is 1. The third-order valence-electron chi connectivity index (χ3n) is 4.40. The molecule has 0 spiro atoms. The van der Waals surface area contributed by atoms with Crippen LogP contribution in [-0.4, -0.2) is 32.3 Å². The Morgan fingerprint density at radius 1 is 1.38 bits per heavy atom. The second-order valence-electron chi connectivity index (χ2n) is 6.86. The summed E-state index contributed by atoms with van der Waals surface area (Å²) in [5, 5.41) is 3.72. The lowest BCUT2D eigenvalue weighted by Crippen LogP contribution is -2.60. The number of methoxy groups -OCH3 is 1. The first kappa shape index (κ1) is 16.6. The third kappa shape index (κ3) is 3.72. The van der Waals surface area contributed by atoms with Crippen LogP contribution in [0.25, 0.3) is 0 Å². The number of hydrogen-bond acceptors (Lipinski definition) is 3. The smallest absolute Gasteiger partial charge is 0.121 e. The second-order valence-corrected chi connectivity index (χ2v) is 7.71. The molecule has 1 heterocycles. The standard InChI is InChI=1S/C17H27BrN2O/c1-6-12-10-19-16(17(2,3)4)11-20(12)15-9-13(21-5)7-8-14(15)18/h7-9,12,16,19H,6,10-11H2,1-5H3. The van der Waals surface area contributed by atoms with Crippen LogP contribution in [0.1, 0.15) is 34.1 Å². The normalized spacial score (nSPS) is 23.2. The van der Waals surface area contributed by atoms with Gasteiger partial charge in [-0.2, -0.15) is 0 Å². The topological polar surface area (TPSA) is 24.5 Å². The van der Waals surface area contributed by atoms with E-state index in [1.54, 1.807) is 7.11 Å². The fourth-order valence-corrected chi connectivity index (χ4v) is 3.35. The van der Waals surface area contributed by atoms with Crippen LogP contribution >= 0.6 is 15.9 Å². The lowest BCUT2D eigenvalue weighted by molar-refractivity contribution is 0.233. The van der Waals surface area contributed by atoms with Gasteiger partial charge in [-0.05, 0) is 39.9 Å². The van der Waals surface area contributed by atoms with Gasteiger partial charge >= 0.3 is 0 Å². The predicted molar refractivity (Wildman–Crippen MR) is 93.4 cm³/mol. The number of nitrogens with zero attached hydrogens (tertiary/aromatic N) is 1. The lowest BCUT2D eigenvalue weighted by Gasteiger charge is -2.46. The quantitative estimate of drug-likeness (QED) is 0.885. The first-order valence-electron chi connectivity index (χ1n) is 7.70. The van der Waals surface area contributed by atoms with Gasteiger partial charge in [0, 0.05) is 35.7 Å². The maximum atomic E-state index is 5.40. The molecule has 1 aliphatic heterocycles. The van der Waals surface area contributed by atoms with Gasteiger partial charge in [-0.3, -0.25) is 0 Å². The Bertz CT molecular complexity index is 484. The molecule has 1 N–H and O–H groups in total. The zero-order valence-corrected chi connectivity index (χ0v) is 15.3. The fraction of sp³-hybridized carbons (Fsp3) is 0.647. The molecule has 4 heteroatoms. The summed E-state index contributed by atoms with van der Waals surface area (Å²) in [7, 11) is 1.72. The van der Waals surface area contributed by atoms with Crippen molar-refractivity contribution < 1.29 is 4.74 Å². The van der Waals surface area contributed by atoms with Gasteiger partial charge in [-0.15, -0.1) is 0 Å². The van der Waals surface area contributed by atoms with Crippen molar-refractivity contribution in [1.29, 1.82) is 0 Å². The highest BCUT2D eigenvalue weighted by atomic mass is 79.9. The van der Waals surface area contributed by atoms with Crippen molar-refractivity contribution in [2.75, 3.05) is 25.1 Å². The molecule has 1 fully saturated rings. The van der Waals surface area contributed by atoms with Gasteiger partial charge in [0.2, 0.25) is 0 Å². The molecule has 3 nitrogen and oxygen atoms in total. The lowest BCUT2D eigenvalue weighted by atomic mass is 9.84. The molecule has 118 valence electrons. The maximum Gasteiger partial charge on any atom is 0.121 e. The van der Waals surface area contributed by atoms with Crippen LogP contribution in [0.3, 0.4) is 0 Å². The average Bonchev–Trinajstić information content (AvgIpc) is 2.46. The number of nitrogens with one attached hydrogen (secondary N) is 1. The molecular weight excluding hydrogens is 328 g/mol. The van der Waals surface area contributed by atoms with E-state index in [0.717, 1.165) is 29.7 Å². The van der Waals surface area contributed by atoms with Crippen LogP contribution in [0, 0.1) is 5.41 Å². The minimum atomic E-state index is 0.252. The van der Waals surface area contributed by atoms with Gasteiger partial charge in [0.15, 0.2) is 0 Å². The molecule has 0 bridgehead atoms. The minimum Gasteiger partial charge on any atom is -0.497 e. The molecule has 21 heavy (non-hydrogen) atoms. The number of halogens is 1. The summed E-state index contributed by atoms with van der Waals surface area (Å²) in [6.07, 6.45) is 1.13. The predicted octanol–water partition coefficient (Wildman–Crippen LogP) is 4.06. The van der Waals surface area contributed by atoms with E-state index in [1.807, 2.05) is 6.07 Å². The number of benzene rings is 1. The summed E-state index contributed by atoms with van der Waals surface area (Å²) in [6, 6.07) is 7.22. The SMILES string of the molecule is CCC1CNC(C(C)(C)C)CN1c1cc(OC)ccc1Br. The van der Waals surface area contributed by atoms with Crippen LogP contribution in [0.4, 0.5) is 5.69 Å². The van der Waals surface area contributed by atoms with Crippen LogP contribution in [0.5, 0.6) is 5.75 Å². The van der Waals surface area contributed by atoms with Crippen LogP contribution in [0.15, 0.2) is 22.7 Å². The highest BCUT2D eigenvalue weighted by Gasteiger charge is 2.34. The molecule has 0 amide bonds. The van der Waals surface area contributed by atoms with Crippen molar-refractivity contribution in [2.45, 2.75) is 46.2 Å². The zero-order chi connectivity index (χ0) is 15.6. The first-order valence-corrected chi connectivity index (χ1v) is 8.49. The van der Waals surface area contributed by atoms with Crippen molar-refractivity contribution in [2.24, 2.45) is 5.41 Å². The van der Waals surface area contributed by atoms with Gasteiger partial charge in [0.05, 0.1) is 12.8 Å². The molecular formula is C17H27BrN2O. The van der Waals surface area contributed by atoms with Crippen molar-refractivity contribution in [3.63, 3.8) is 0 Å². The van der Waals surface area contributed by atoms with Gasteiger partial charge in [0.25, 0.3) is 0 Å². The van der Waals surface area contributed by atoms with E-state index >= 15 is 0 Å². The monoisotopic (exact) mass is 354 g/mol. The number of rotatable bonds is 3. The Morgan fingerprint density at radius 3 is 2.67 bits per heavy atom. The number of hydrogen-bond donors (Lipinski definition) is 1. The van der Waals surface area contributed by atoms with Crippen LogP contribution < -0.4 is 15.0 Å². The van der Waals surface area contributed by atoms with Gasteiger partial charge in [-0.25, -0.2) is 0 Å². The molecule has 0 aromatic heterocycles. The Morgan fingerprint density at radius 2 is 2.10 bits per heavy atom. The van der Waals surface area contributed by atoms with Crippen molar-refractivity contribution in [3.05, 3.63) is 22.7 Å². The second kappa shape index (κ2) is 6.57. The third-order valence-corrected chi connectivity index (χ3v) is 5.07. The Labute approximate surface area is 137 Å². The molecule has 2 rings (SSSR count). The molecule has 0 saturated carbocycles. The van der Waals surface area contributed by atoms with E-state index in [1.165, 1.54) is 5.69 Å². The fourth-order valence-electron chi connectivity index (χ4n) is 2.88. The summed E-state index contributed by atoms with van der Waals surface area (Å²) < 4.78 is 6.54. The number of anilines is 1. The molecule has 0 radical (unpaired) electrons. The molecule has 1 aromatic carbocycles. The molecule has 0 aliphatic carbocycles. The van der Waals surface area contributed by atoms with Crippen LogP contribution in [-0.2, 0) is 0 Å². The van der Waals surface area contributed by atoms with Gasteiger partial charge in [0.1, 0.15) is 5.75 Å². The van der Waals surface area contributed by atoms with Crippen LogP contribution in [0.2, 0.25) is 0 Å². The zero-order valence-electron chi connectivity index (χ0n) is 13.7. The Hall–Kier alpha value is -0.740. The average molecular weight is 355 g/mol. The molecule has 2 unspecified atom stereocenters. The van der Waals surface area contributed by atoms with Crippen molar-refractivity contribution in [3.8, 4) is 5.75 Å². The Kier molecular flexibility index (Phi) is 5.20. The Balaban J connectivity index is 2.33. The first-order chi connectivity index (χ1) is 9.86. The molecule has 1 saturated heterocycles. The summed E-state index contributed by atoms with van der Waals surface area (Å²) in [6.45, 7) is 11.2. The van der Waals surface area contributed by atoms with E-state index < -0.39 is 0 Å². The van der Waals surface area contributed by atoms with Crippen molar-refractivity contribution in [1.82, 2.24) is 5.32 Å². The molecule has 1 aromatic rings. The van der Waals surface area contributed by atoms with E-state index in [-0.39, 0.29) is 5.41 Å². The van der Waals surface area contributed by atoms with Gasteiger partial charge in [-0.1, -0.05) is 27.7 Å². The van der Waals surface area contributed by atoms with Crippen molar-refractivity contribution >= 4 is 21.6 Å². The highest BCUT2D eigenvalue weighted by molar-refractivity contribution is 9.10. The summed E-state index contributed by atoms with van der Waals surface area (Å²) in [4.78, 5) is 2.53. The van der Waals surface area contributed by atoms with E-state index in [0.29, 0.717) is 12.1 Å². The van der Waals surface area contributed by atoms with Gasteiger partial charge < -0.3 is 15.0 Å². The molecule has 1 aliphatic rings.